The van der Waals surface area contributed by atoms with Crippen LogP contribution in [0, 0.1) is 6.92 Å². The Bertz CT molecular complexity index is 566. The van der Waals surface area contributed by atoms with Gasteiger partial charge in [-0.15, -0.1) is 0 Å². The van der Waals surface area contributed by atoms with Gasteiger partial charge < -0.3 is 9.26 Å². The van der Waals surface area contributed by atoms with Gasteiger partial charge in [-0.05, 0) is 18.2 Å². The number of ether oxygens (including phenoxy) is 1. The van der Waals surface area contributed by atoms with Gasteiger partial charge in [-0.2, -0.15) is 4.98 Å². The summed E-state index contributed by atoms with van der Waals surface area (Å²) in [6, 6.07) is 5.06. The smallest absolute Gasteiger partial charge is 0.337 e. The molecule has 0 atom stereocenters. The van der Waals surface area contributed by atoms with E-state index in [0.29, 0.717) is 22.8 Å². The van der Waals surface area contributed by atoms with Crippen LogP contribution in [0.5, 0.6) is 0 Å². The normalized spacial score (nSPS) is 10.3. The molecule has 0 amide bonds. The van der Waals surface area contributed by atoms with Crippen LogP contribution in [0.15, 0.2) is 27.2 Å². The highest BCUT2D eigenvalue weighted by Gasteiger charge is 2.13. The largest absolute Gasteiger partial charge is 0.465 e. The molecule has 5 nitrogen and oxygen atoms in total. The molecule has 17 heavy (non-hydrogen) atoms. The number of aryl methyl sites for hydroxylation is 1. The molecule has 0 saturated heterocycles. The molecule has 0 unspecified atom stereocenters. The minimum atomic E-state index is -0.404. The van der Waals surface area contributed by atoms with E-state index >= 15 is 0 Å². The van der Waals surface area contributed by atoms with E-state index in [-0.39, 0.29) is 0 Å². The van der Waals surface area contributed by atoms with Crippen LogP contribution in [-0.2, 0) is 4.74 Å². The zero-order chi connectivity index (χ0) is 12.4. The second-order valence-electron chi connectivity index (χ2n) is 3.32. The number of rotatable bonds is 2. The second kappa shape index (κ2) is 4.67. The van der Waals surface area contributed by atoms with Gasteiger partial charge >= 0.3 is 5.97 Å². The first-order chi connectivity index (χ1) is 8.11. The third kappa shape index (κ3) is 2.36. The zero-order valence-electron chi connectivity index (χ0n) is 9.23. The highest BCUT2D eigenvalue weighted by atomic mass is 79.9. The highest BCUT2D eigenvalue weighted by molar-refractivity contribution is 9.10. The molecular formula is C11H9BrN2O3. The van der Waals surface area contributed by atoms with Crippen molar-refractivity contribution in [3.63, 3.8) is 0 Å². The minimum Gasteiger partial charge on any atom is -0.465 e. The molecule has 0 spiro atoms. The van der Waals surface area contributed by atoms with Crippen LogP contribution in [0.4, 0.5) is 0 Å². The molecule has 2 rings (SSSR count). The van der Waals surface area contributed by atoms with Gasteiger partial charge in [0.2, 0.25) is 11.7 Å². The number of hydrogen-bond donors (Lipinski definition) is 0. The molecule has 0 radical (unpaired) electrons. The number of carbonyl (C=O) groups is 1. The van der Waals surface area contributed by atoms with Crippen molar-refractivity contribution in [3.05, 3.63) is 34.1 Å². The molecule has 0 bridgehead atoms. The Hall–Kier alpha value is -1.69. The first-order valence-electron chi connectivity index (χ1n) is 4.80. The third-order valence-electron chi connectivity index (χ3n) is 2.16. The Morgan fingerprint density at radius 3 is 2.82 bits per heavy atom. The molecule has 0 fully saturated rings. The summed E-state index contributed by atoms with van der Waals surface area (Å²) in [4.78, 5) is 15.5. The Kier molecular flexibility index (Phi) is 3.23. The van der Waals surface area contributed by atoms with Gasteiger partial charge in [-0.25, -0.2) is 4.79 Å². The Morgan fingerprint density at radius 2 is 2.24 bits per heavy atom. The quantitative estimate of drug-likeness (QED) is 0.797. The van der Waals surface area contributed by atoms with Crippen molar-refractivity contribution >= 4 is 21.9 Å². The summed E-state index contributed by atoms with van der Waals surface area (Å²) in [6.07, 6.45) is 0. The van der Waals surface area contributed by atoms with Gasteiger partial charge in [0.25, 0.3) is 0 Å². The molecule has 2 aromatic rings. The van der Waals surface area contributed by atoms with Crippen molar-refractivity contribution in [2.24, 2.45) is 0 Å². The fourth-order valence-electron chi connectivity index (χ4n) is 1.35. The maximum Gasteiger partial charge on any atom is 0.337 e. The number of hydrogen-bond acceptors (Lipinski definition) is 5. The molecule has 0 saturated carbocycles. The number of halogens is 1. The standard InChI is InChI=1S/C11H9BrN2O3/c1-6-13-10(14-17-6)8-5-7(11(15)16-2)3-4-9(8)12/h3-5H,1-2H3. The van der Waals surface area contributed by atoms with Crippen LogP contribution in [0.2, 0.25) is 0 Å². The molecule has 0 N–H and O–H groups in total. The predicted molar refractivity (Wildman–Crippen MR) is 63.5 cm³/mol. The first kappa shape index (κ1) is 11.8. The molecule has 88 valence electrons. The van der Waals surface area contributed by atoms with Gasteiger partial charge in [0.05, 0.1) is 12.7 Å². The summed E-state index contributed by atoms with van der Waals surface area (Å²) in [5.74, 6) is 0.495. The summed E-state index contributed by atoms with van der Waals surface area (Å²) in [5, 5.41) is 3.80. The monoisotopic (exact) mass is 296 g/mol. The summed E-state index contributed by atoms with van der Waals surface area (Å²) in [6.45, 7) is 1.70. The molecular weight excluding hydrogens is 288 g/mol. The van der Waals surface area contributed by atoms with Gasteiger partial charge in [-0.3, -0.25) is 0 Å². The average Bonchev–Trinajstić information content (AvgIpc) is 2.75. The van der Waals surface area contributed by atoms with E-state index in [4.69, 9.17) is 4.52 Å². The highest BCUT2D eigenvalue weighted by Crippen LogP contribution is 2.27. The molecule has 1 heterocycles. The molecule has 1 aromatic heterocycles. The van der Waals surface area contributed by atoms with Crippen LogP contribution < -0.4 is 0 Å². The number of aromatic nitrogens is 2. The number of benzene rings is 1. The average molecular weight is 297 g/mol. The van der Waals surface area contributed by atoms with E-state index in [1.807, 2.05) is 0 Å². The fraction of sp³-hybridized carbons (Fsp3) is 0.182. The Labute approximate surface area is 106 Å². The number of methoxy groups -OCH3 is 1. The molecule has 0 aliphatic heterocycles. The topological polar surface area (TPSA) is 65.2 Å². The van der Waals surface area contributed by atoms with E-state index in [9.17, 15) is 4.79 Å². The lowest BCUT2D eigenvalue weighted by Crippen LogP contribution is -2.01. The van der Waals surface area contributed by atoms with Gasteiger partial charge in [0.15, 0.2) is 0 Å². The van der Waals surface area contributed by atoms with Crippen LogP contribution in [0.3, 0.4) is 0 Å². The van der Waals surface area contributed by atoms with Gasteiger partial charge in [0.1, 0.15) is 0 Å². The SMILES string of the molecule is COC(=O)c1ccc(Br)c(-c2noc(C)n2)c1. The minimum absolute atomic E-state index is 0.404. The lowest BCUT2D eigenvalue weighted by Gasteiger charge is -2.03. The number of nitrogens with zero attached hydrogens (tertiary/aromatic N) is 2. The summed E-state index contributed by atoms with van der Waals surface area (Å²) in [7, 11) is 1.34. The summed E-state index contributed by atoms with van der Waals surface area (Å²) < 4.78 is 10.3. The van der Waals surface area contributed by atoms with Crippen molar-refractivity contribution in [2.45, 2.75) is 6.92 Å². The fourth-order valence-corrected chi connectivity index (χ4v) is 1.77. The molecule has 6 heteroatoms. The molecule has 1 aromatic carbocycles. The first-order valence-corrected chi connectivity index (χ1v) is 5.59. The lowest BCUT2D eigenvalue weighted by atomic mass is 10.1. The summed E-state index contributed by atoms with van der Waals surface area (Å²) >= 11 is 3.37. The second-order valence-corrected chi connectivity index (χ2v) is 4.18. The Balaban J connectivity index is 2.49. The third-order valence-corrected chi connectivity index (χ3v) is 2.85. The van der Waals surface area contributed by atoms with Crippen LogP contribution in [0.1, 0.15) is 16.2 Å². The number of carbonyl (C=O) groups excluding carboxylic acids is 1. The van der Waals surface area contributed by atoms with Crippen LogP contribution in [0.25, 0.3) is 11.4 Å². The number of esters is 1. The van der Waals surface area contributed by atoms with Crippen molar-refractivity contribution in [2.75, 3.05) is 7.11 Å². The molecule has 0 aliphatic carbocycles. The zero-order valence-corrected chi connectivity index (χ0v) is 10.8. The maximum atomic E-state index is 11.4. The lowest BCUT2D eigenvalue weighted by molar-refractivity contribution is 0.0601. The van der Waals surface area contributed by atoms with Crippen LogP contribution >= 0.6 is 15.9 Å². The van der Waals surface area contributed by atoms with Crippen molar-refractivity contribution in [1.82, 2.24) is 10.1 Å². The molecule has 0 aliphatic rings. The van der Waals surface area contributed by atoms with Crippen LogP contribution in [-0.4, -0.2) is 23.2 Å². The van der Waals surface area contributed by atoms with Crippen molar-refractivity contribution < 1.29 is 14.1 Å². The van der Waals surface area contributed by atoms with Gasteiger partial charge in [-0.1, -0.05) is 21.1 Å². The summed E-state index contributed by atoms with van der Waals surface area (Å²) in [5.41, 5.74) is 1.12. The Morgan fingerprint density at radius 1 is 1.47 bits per heavy atom. The maximum absolute atomic E-state index is 11.4. The van der Waals surface area contributed by atoms with E-state index in [0.717, 1.165) is 4.47 Å². The van der Waals surface area contributed by atoms with Gasteiger partial charge in [0, 0.05) is 17.0 Å². The predicted octanol–water partition coefficient (Wildman–Crippen LogP) is 2.59. The van der Waals surface area contributed by atoms with E-state index < -0.39 is 5.97 Å². The van der Waals surface area contributed by atoms with E-state index in [2.05, 4.69) is 30.8 Å². The van der Waals surface area contributed by atoms with Crippen molar-refractivity contribution in [3.8, 4) is 11.4 Å². The van der Waals surface area contributed by atoms with E-state index in [1.165, 1.54) is 7.11 Å². The van der Waals surface area contributed by atoms with Crippen molar-refractivity contribution in [1.29, 1.82) is 0 Å². The van der Waals surface area contributed by atoms with E-state index in [1.54, 1.807) is 25.1 Å².